The zero-order chi connectivity index (χ0) is 14.9. The molecule has 0 unspecified atom stereocenters. The lowest BCUT2D eigenvalue weighted by atomic mass is 10.2. The lowest BCUT2D eigenvalue weighted by Crippen LogP contribution is -1.96. The fourth-order valence-corrected chi connectivity index (χ4v) is 3.16. The first-order valence-corrected chi connectivity index (χ1v) is 7.64. The van der Waals surface area contributed by atoms with Gasteiger partial charge in [-0.25, -0.2) is 9.37 Å². The third kappa shape index (κ3) is 2.29. The molecule has 0 saturated carbocycles. The average molecular weight is 311 g/mol. The Morgan fingerprint density at radius 3 is 2.91 bits per heavy atom. The first-order valence-electron chi connectivity index (χ1n) is 6.65. The van der Waals surface area contributed by atoms with Gasteiger partial charge in [-0.05, 0) is 40.3 Å². The number of thioether (sulfide) groups is 1. The van der Waals surface area contributed by atoms with Crippen LogP contribution in [0.5, 0.6) is 0 Å². The second kappa shape index (κ2) is 5.34. The minimum absolute atomic E-state index is 0.237. The van der Waals surface area contributed by atoms with Crippen LogP contribution < -0.4 is 0 Å². The van der Waals surface area contributed by atoms with Crippen molar-refractivity contribution in [1.29, 1.82) is 0 Å². The van der Waals surface area contributed by atoms with Gasteiger partial charge in [0.15, 0.2) is 0 Å². The summed E-state index contributed by atoms with van der Waals surface area (Å²) in [6.07, 6.45) is 0. The molecule has 0 radical (unpaired) electrons. The van der Waals surface area contributed by atoms with E-state index in [1.165, 1.54) is 23.9 Å². The van der Waals surface area contributed by atoms with Crippen molar-refractivity contribution in [2.75, 3.05) is 0 Å². The molecule has 22 heavy (non-hydrogen) atoms. The lowest BCUT2D eigenvalue weighted by molar-refractivity contribution is 0.626. The maximum atomic E-state index is 13.2. The maximum Gasteiger partial charge on any atom is 0.212 e. The van der Waals surface area contributed by atoms with Crippen molar-refractivity contribution in [3.05, 3.63) is 59.9 Å². The van der Waals surface area contributed by atoms with Gasteiger partial charge in [-0.2, -0.15) is 4.52 Å². The summed E-state index contributed by atoms with van der Waals surface area (Å²) in [5.74, 6) is 0.366. The first-order chi connectivity index (χ1) is 10.8. The minimum atomic E-state index is -0.237. The number of tetrazole rings is 1. The predicted molar refractivity (Wildman–Crippen MR) is 82.0 cm³/mol. The molecule has 2 heterocycles. The number of para-hydroxylation sites is 2. The Labute approximate surface area is 129 Å². The van der Waals surface area contributed by atoms with Crippen LogP contribution in [0.25, 0.3) is 16.7 Å². The topological polar surface area (TPSA) is 56.0 Å². The second-order valence-corrected chi connectivity index (χ2v) is 5.70. The maximum absolute atomic E-state index is 13.2. The molecule has 0 spiro atoms. The van der Waals surface area contributed by atoms with Gasteiger partial charge in [0.1, 0.15) is 10.8 Å². The minimum Gasteiger partial charge on any atom is -0.236 e. The lowest BCUT2D eigenvalue weighted by Gasteiger charge is -2.05. The van der Waals surface area contributed by atoms with Gasteiger partial charge in [0.2, 0.25) is 5.65 Å². The Kier molecular flexibility index (Phi) is 3.19. The molecule has 0 N–H and O–H groups in total. The van der Waals surface area contributed by atoms with Crippen LogP contribution in [0.4, 0.5) is 4.39 Å². The van der Waals surface area contributed by atoms with E-state index in [2.05, 4.69) is 20.5 Å². The van der Waals surface area contributed by atoms with Crippen molar-refractivity contribution in [3.63, 3.8) is 0 Å². The summed E-state index contributed by atoms with van der Waals surface area (Å²) in [6.45, 7) is 0. The number of fused-ring (bicyclic) bond motifs is 3. The van der Waals surface area contributed by atoms with Crippen molar-refractivity contribution >= 4 is 28.4 Å². The van der Waals surface area contributed by atoms with Crippen molar-refractivity contribution in [2.45, 2.75) is 10.8 Å². The predicted octanol–water partition coefficient (Wildman–Crippen LogP) is 3.10. The van der Waals surface area contributed by atoms with Crippen molar-refractivity contribution in [1.82, 2.24) is 25.0 Å². The summed E-state index contributed by atoms with van der Waals surface area (Å²) in [7, 11) is 0. The highest BCUT2D eigenvalue weighted by Gasteiger charge is 2.12. The second-order valence-electron chi connectivity index (χ2n) is 4.74. The third-order valence-corrected chi connectivity index (χ3v) is 4.28. The third-order valence-electron chi connectivity index (χ3n) is 3.26. The molecule has 0 aliphatic rings. The number of nitrogens with zero attached hydrogens (tertiary/aromatic N) is 5. The standard InChI is InChI=1S/C15H10FN5S/c16-11-5-3-4-10(8-11)9-22-15-14-18-19-20-21(14)13-7-2-1-6-12(13)17-15/h1-8H,9H2. The van der Waals surface area contributed by atoms with Crippen LogP contribution in [0.3, 0.4) is 0 Å². The summed E-state index contributed by atoms with van der Waals surface area (Å²) in [6, 6.07) is 14.2. The van der Waals surface area contributed by atoms with E-state index in [-0.39, 0.29) is 5.82 Å². The van der Waals surface area contributed by atoms with E-state index >= 15 is 0 Å². The molecule has 0 bridgehead atoms. The largest absolute Gasteiger partial charge is 0.236 e. The smallest absolute Gasteiger partial charge is 0.212 e. The van der Waals surface area contributed by atoms with Gasteiger partial charge in [0, 0.05) is 5.75 Å². The summed E-state index contributed by atoms with van der Waals surface area (Å²) < 4.78 is 14.9. The highest BCUT2D eigenvalue weighted by Crippen LogP contribution is 2.26. The molecular weight excluding hydrogens is 301 g/mol. The molecule has 0 amide bonds. The highest BCUT2D eigenvalue weighted by atomic mass is 32.2. The van der Waals surface area contributed by atoms with E-state index in [0.29, 0.717) is 11.4 Å². The van der Waals surface area contributed by atoms with E-state index < -0.39 is 0 Å². The molecule has 108 valence electrons. The Morgan fingerprint density at radius 2 is 2.00 bits per heavy atom. The normalized spacial score (nSPS) is 11.3. The van der Waals surface area contributed by atoms with E-state index in [4.69, 9.17) is 0 Å². The Hall–Kier alpha value is -2.54. The first kappa shape index (κ1) is 13.1. The van der Waals surface area contributed by atoms with Crippen LogP contribution >= 0.6 is 11.8 Å². The van der Waals surface area contributed by atoms with Crippen LogP contribution in [0.1, 0.15) is 5.56 Å². The number of halogens is 1. The molecular formula is C15H10FN5S. The SMILES string of the molecule is Fc1cccc(CSc2nc3ccccc3n3nnnc23)c1. The number of hydrogen-bond donors (Lipinski definition) is 0. The summed E-state index contributed by atoms with van der Waals surface area (Å²) in [5, 5.41) is 12.5. The summed E-state index contributed by atoms with van der Waals surface area (Å²) >= 11 is 1.49. The average Bonchev–Trinajstić information content (AvgIpc) is 3.03. The summed E-state index contributed by atoms with van der Waals surface area (Å²) in [4.78, 5) is 4.62. The number of benzene rings is 2. The molecule has 0 aliphatic carbocycles. The Bertz CT molecular complexity index is 968. The molecule has 7 heteroatoms. The summed E-state index contributed by atoms with van der Waals surface area (Å²) in [5.41, 5.74) is 3.19. The van der Waals surface area contributed by atoms with Crippen LogP contribution in [-0.4, -0.2) is 25.0 Å². The number of hydrogen-bond acceptors (Lipinski definition) is 5. The molecule has 5 nitrogen and oxygen atoms in total. The van der Waals surface area contributed by atoms with Crippen LogP contribution in [-0.2, 0) is 5.75 Å². The molecule has 2 aromatic carbocycles. The number of rotatable bonds is 3. The molecule has 0 fully saturated rings. The van der Waals surface area contributed by atoms with E-state index in [9.17, 15) is 4.39 Å². The van der Waals surface area contributed by atoms with Crippen molar-refractivity contribution in [2.24, 2.45) is 0 Å². The molecule has 4 aromatic rings. The van der Waals surface area contributed by atoms with E-state index in [0.717, 1.165) is 21.6 Å². The van der Waals surface area contributed by atoms with Gasteiger partial charge in [-0.3, -0.25) is 0 Å². The van der Waals surface area contributed by atoms with Crippen LogP contribution in [0, 0.1) is 5.82 Å². The van der Waals surface area contributed by atoms with Gasteiger partial charge in [-0.15, -0.1) is 5.10 Å². The molecule has 0 saturated heterocycles. The molecule has 2 aromatic heterocycles. The molecule has 4 rings (SSSR count). The van der Waals surface area contributed by atoms with Gasteiger partial charge >= 0.3 is 0 Å². The highest BCUT2D eigenvalue weighted by molar-refractivity contribution is 7.98. The van der Waals surface area contributed by atoms with E-state index in [1.807, 2.05) is 30.3 Å². The Balaban J connectivity index is 1.75. The van der Waals surface area contributed by atoms with Crippen molar-refractivity contribution < 1.29 is 4.39 Å². The van der Waals surface area contributed by atoms with Crippen LogP contribution in [0.15, 0.2) is 53.6 Å². The molecule has 0 aliphatic heterocycles. The Morgan fingerprint density at radius 1 is 1.09 bits per heavy atom. The fourth-order valence-electron chi connectivity index (χ4n) is 2.26. The number of aromatic nitrogens is 5. The fraction of sp³-hybridized carbons (Fsp3) is 0.0667. The van der Waals surface area contributed by atoms with Gasteiger partial charge in [0.25, 0.3) is 0 Å². The van der Waals surface area contributed by atoms with Gasteiger partial charge in [0.05, 0.1) is 11.0 Å². The van der Waals surface area contributed by atoms with Gasteiger partial charge < -0.3 is 0 Å². The van der Waals surface area contributed by atoms with Crippen molar-refractivity contribution in [3.8, 4) is 0 Å². The molecule has 0 atom stereocenters. The quantitative estimate of drug-likeness (QED) is 0.544. The monoisotopic (exact) mass is 311 g/mol. The van der Waals surface area contributed by atoms with Crippen LogP contribution in [0.2, 0.25) is 0 Å². The zero-order valence-electron chi connectivity index (χ0n) is 11.3. The zero-order valence-corrected chi connectivity index (χ0v) is 12.2. The van der Waals surface area contributed by atoms with E-state index in [1.54, 1.807) is 10.6 Å². The van der Waals surface area contributed by atoms with Gasteiger partial charge in [-0.1, -0.05) is 36.0 Å².